The molecule has 0 amide bonds. The molecule has 18 heavy (non-hydrogen) atoms. The average Bonchev–Trinajstić information content (AvgIpc) is 2.77. The molecule has 0 atom stereocenters. The van der Waals surface area contributed by atoms with E-state index in [1.807, 2.05) is 19.2 Å². The van der Waals surface area contributed by atoms with E-state index in [2.05, 4.69) is 34.3 Å². The Morgan fingerprint density at radius 3 is 2.50 bits per heavy atom. The number of anilines is 1. The van der Waals surface area contributed by atoms with E-state index in [9.17, 15) is 0 Å². The molecule has 0 unspecified atom stereocenters. The van der Waals surface area contributed by atoms with Gasteiger partial charge >= 0.3 is 0 Å². The summed E-state index contributed by atoms with van der Waals surface area (Å²) in [7, 11) is 3.55. The molecule has 96 valence electrons. The van der Waals surface area contributed by atoms with Gasteiger partial charge in [-0.2, -0.15) is 0 Å². The van der Waals surface area contributed by atoms with Crippen molar-refractivity contribution < 1.29 is 4.74 Å². The highest BCUT2D eigenvalue weighted by Crippen LogP contribution is 2.15. The van der Waals surface area contributed by atoms with E-state index in [1.54, 1.807) is 7.11 Å². The van der Waals surface area contributed by atoms with Crippen molar-refractivity contribution >= 4 is 5.95 Å². The fourth-order valence-corrected chi connectivity index (χ4v) is 1.91. The lowest BCUT2D eigenvalue weighted by molar-refractivity contribution is 0.414. The second-order valence-electron chi connectivity index (χ2n) is 4.26. The molecule has 0 radical (unpaired) electrons. The molecule has 0 fully saturated rings. The first-order chi connectivity index (χ1) is 8.72. The zero-order valence-electron chi connectivity index (χ0n) is 11.1. The van der Waals surface area contributed by atoms with Crippen LogP contribution in [0.5, 0.6) is 5.75 Å². The van der Waals surface area contributed by atoms with Crippen LogP contribution in [0.15, 0.2) is 24.3 Å². The third-order valence-electron chi connectivity index (χ3n) is 3.03. The van der Waals surface area contributed by atoms with Crippen LogP contribution in [0.25, 0.3) is 0 Å². The number of H-pyrrole nitrogens is 1. The first-order valence-electron chi connectivity index (χ1n) is 6.09. The molecule has 4 heteroatoms. The molecule has 0 aliphatic carbocycles. The maximum atomic E-state index is 5.14. The van der Waals surface area contributed by atoms with Crippen molar-refractivity contribution in [2.45, 2.75) is 19.8 Å². The van der Waals surface area contributed by atoms with Gasteiger partial charge in [-0.15, -0.1) is 0 Å². The topological polar surface area (TPSA) is 49.9 Å². The van der Waals surface area contributed by atoms with E-state index in [1.165, 1.54) is 5.56 Å². The standard InChI is InChI=1S/C14H19N3O/c1-10-13(17-14(15-2)16-10)9-6-11-4-7-12(18-3)8-5-11/h4-5,7-8H,6,9H2,1-3H3,(H2,15,16,17). The molecular weight excluding hydrogens is 226 g/mol. The monoisotopic (exact) mass is 245 g/mol. The van der Waals surface area contributed by atoms with E-state index in [0.717, 1.165) is 35.9 Å². The number of aromatic amines is 1. The first kappa shape index (κ1) is 12.5. The normalized spacial score (nSPS) is 10.4. The lowest BCUT2D eigenvalue weighted by atomic mass is 10.1. The van der Waals surface area contributed by atoms with Crippen LogP contribution < -0.4 is 10.1 Å². The maximum Gasteiger partial charge on any atom is 0.200 e. The molecule has 0 spiro atoms. The summed E-state index contributed by atoms with van der Waals surface area (Å²) in [6.45, 7) is 2.05. The van der Waals surface area contributed by atoms with Gasteiger partial charge in [-0.3, -0.25) is 0 Å². The molecule has 2 rings (SSSR count). The highest BCUT2D eigenvalue weighted by atomic mass is 16.5. The minimum absolute atomic E-state index is 0.831. The smallest absolute Gasteiger partial charge is 0.200 e. The quantitative estimate of drug-likeness (QED) is 0.851. The number of hydrogen-bond acceptors (Lipinski definition) is 3. The number of methoxy groups -OCH3 is 1. The lowest BCUT2D eigenvalue weighted by Crippen LogP contribution is -1.94. The van der Waals surface area contributed by atoms with Crippen LogP contribution in [0.3, 0.4) is 0 Å². The van der Waals surface area contributed by atoms with Crippen molar-refractivity contribution in [2.24, 2.45) is 0 Å². The molecule has 0 aliphatic rings. The number of benzene rings is 1. The van der Waals surface area contributed by atoms with Crippen LogP contribution in [-0.4, -0.2) is 24.1 Å². The maximum absolute atomic E-state index is 5.14. The van der Waals surface area contributed by atoms with Crippen molar-refractivity contribution in [1.82, 2.24) is 9.97 Å². The number of nitrogens with zero attached hydrogens (tertiary/aromatic N) is 1. The zero-order chi connectivity index (χ0) is 13.0. The Bertz CT molecular complexity index is 502. The third-order valence-corrected chi connectivity index (χ3v) is 3.03. The van der Waals surface area contributed by atoms with Crippen LogP contribution in [-0.2, 0) is 12.8 Å². The minimum Gasteiger partial charge on any atom is -0.497 e. The molecule has 0 saturated carbocycles. The summed E-state index contributed by atoms with van der Waals surface area (Å²) in [6.07, 6.45) is 1.93. The summed E-state index contributed by atoms with van der Waals surface area (Å²) in [6, 6.07) is 8.18. The van der Waals surface area contributed by atoms with Crippen LogP contribution in [0, 0.1) is 6.92 Å². The first-order valence-corrected chi connectivity index (χ1v) is 6.09. The Kier molecular flexibility index (Phi) is 3.87. The van der Waals surface area contributed by atoms with Crippen LogP contribution >= 0.6 is 0 Å². The Labute approximate surface area is 107 Å². The molecular formula is C14H19N3O. The molecule has 4 nitrogen and oxygen atoms in total. The molecule has 0 aliphatic heterocycles. The number of ether oxygens (including phenoxy) is 1. The molecule has 2 N–H and O–H groups in total. The Morgan fingerprint density at radius 2 is 1.94 bits per heavy atom. The number of nitrogens with one attached hydrogen (secondary N) is 2. The van der Waals surface area contributed by atoms with Gasteiger partial charge in [0, 0.05) is 12.7 Å². The second-order valence-corrected chi connectivity index (χ2v) is 4.26. The lowest BCUT2D eigenvalue weighted by Gasteiger charge is -2.02. The molecule has 2 aromatic rings. The summed E-state index contributed by atoms with van der Waals surface area (Å²) >= 11 is 0. The van der Waals surface area contributed by atoms with Gasteiger partial charge in [0.25, 0.3) is 0 Å². The van der Waals surface area contributed by atoms with E-state index in [-0.39, 0.29) is 0 Å². The van der Waals surface area contributed by atoms with Crippen molar-refractivity contribution in [3.05, 3.63) is 41.2 Å². The van der Waals surface area contributed by atoms with Crippen molar-refractivity contribution in [3.63, 3.8) is 0 Å². The van der Waals surface area contributed by atoms with Gasteiger partial charge in [-0.1, -0.05) is 12.1 Å². The highest BCUT2D eigenvalue weighted by Gasteiger charge is 2.05. The van der Waals surface area contributed by atoms with Crippen molar-refractivity contribution in [1.29, 1.82) is 0 Å². The predicted molar refractivity (Wildman–Crippen MR) is 73.3 cm³/mol. The average molecular weight is 245 g/mol. The zero-order valence-corrected chi connectivity index (χ0v) is 11.1. The van der Waals surface area contributed by atoms with Gasteiger partial charge in [0.2, 0.25) is 0 Å². The number of rotatable bonds is 5. The van der Waals surface area contributed by atoms with E-state index < -0.39 is 0 Å². The Balaban J connectivity index is 1.99. The van der Waals surface area contributed by atoms with Crippen LogP contribution in [0.4, 0.5) is 5.95 Å². The highest BCUT2D eigenvalue weighted by molar-refractivity contribution is 5.31. The van der Waals surface area contributed by atoms with Gasteiger partial charge in [-0.25, -0.2) is 4.98 Å². The number of aromatic nitrogens is 2. The predicted octanol–water partition coefficient (Wildman–Crippen LogP) is 2.55. The number of imidazole rings is 1. The van der Waals surface area contributed by atoms with Gasteiger partial charge in [-0.05, 0) is 37.5 Å². The minimum atomic E-state index is 0.831. The van der Waals surface area contributed by atoms with Gasteiger partial charge in [0.1, 0.15) is 5.75 Å². The largest absolute Gasteiger partial charge is 0.497 e. The van der Waals surface area contributed by atoms with E-state index in [4.69, 9.17) is 4.74 Å². The summed E-state index contributed by atoms with van der Waals surface area (Å²) in [5.41, 5.74) is 3.55. The summed E-state index contributed by atoms with van der Waals surface area (Å²) in [5.74, 6) is 1.73. The third kappa shape index (κ3) is 2.83. The molecule has 0 saturated heterocycles. The van der Waals surface area contributed by atoms with Crippen LogP contribution in [0.1, 0.15) is 17.0 Å². The fourth-order valence-electron chi connectivity index (χ4n) is 1.91. The van der Waals surface area contributed by atoms with Gasteiger partial charge in [0.15, 0.2) is 5.95 Å². The van der Waals surface area contributed by atoms with Crippen LogP contribution in [0.2, 0.25) is 0 Å². The van der Waals surface area contributed by atoms with Crippen molar-refractivity contribution in [3.8, 4) is 5.75 Å². The van der Waals surface area contributed by atoms with E-state index in [0.29, 0.717) is 0 Å². The molecule has 0 bridgehead atoms. The van der Waals surface area contributed by atoms with Gasteiger partial charge < -0.3 is 15.0 Å². The SMILES string of the molecule is CNc1nc(CCc2ccc(OC)cc2)c(C)[nH]1. The van der Waals surface area contributed by atoms with E-state index >= 15 is 0 Å². The second kappa shape index (κ2) is 5.58. The number of hydrogen-bond donors (Lipinski definition) is 2. The summed E-state index contributed by atoms with van der Waals surface area (Å²) in [5, 5.41) is 3.02. The molecule has 1 aromatic carbocycles. The molecule has 1 heterocycles. The fraction of sp³-hybridized carbons (Fsp3) is 0.357. The molecule has 1 aromatic heterocycles. The Hall–Kier alpha value is -1.97. The van der Waals surface area contributed by atoms with Gasteiger partial charge in [0.05, 0.1) is 12.8 Å². The van der Waals surface area contributed by atoms with Crippen molar-refractivity contribution in [2.75, 3.05) is 19.5 Å². The summed E-state index contributed by atoms with van der Waals surface area (Å²) < 4.78 is 5.14. The number of aryl methyl sites for hydroxylation is 3. The Morgan fingerprint density at radius 1 is 1.22 bits per heavy atom. The summed E-state index contributed by atoms with van der Waals surface area (Å²) in [4.78, 5) is 7.69.